The number of aryl methyl sites for hydroxylation is 1. The molecule has 0 amide bonds. The third-order valence-electron chi connectivity index (χ3n) is 2.56. The van der Waals surface area contributed by atoms with Crippen LogP contribution in [0.2, 0.25) is 5.02 Å². The predicted octanol–water partition coefficient (Wildman–Crippen LogP) is 2.91. The third-order valence-corrected chi connectivity index (χ3v) is 2.80. The average molecular weight is 237 g/mol. The number of aromatic nitrogens is 2. The molecule has 0 spiro atoms. The van der Waals surface area contributed by atoms with Crippen molar-refractivity contribution in [2.45, 2.75) is 20.4 Å². The summed E-state index contributed by atoms with van der Waals surface area (Å²) < 4.78 is 1.77. The van der Waals surface area contributed by atoms with E-state index in [-0.39, 0.29) is 5.75 Å². The first-order valence-corrected chi connectivity index (χ1v) is 5.43. The minimum atomic E-state index is 0.266. The van der Waals surface area contributed by atoms with Crippen molar-refractivity contribution in [2.24, 2.45) is 0 Å². The van der Waals surface area contributed by atoms with Crippen molar-refractivity contribution in [2.75, 3.05) is 0 Å². The number of hydrogen-bond donors (Lipinski definition) is 1. The van der Waals surface area contributed by atoms with Crippen molar-refractivity contribution in [3.05, 3.63) is 46.2 Å². The zero-order valence-electron chi connectivity index (χ0n) is 9.24. The summed E-state index contributed by atoms with van der Waals surface area (Å²) in [6, 6.07) is 7.63. The second-order valence-corrected chi connectivity index (χ2v) is 4.24. The Morgan fingerprint density at radius 2 is 2.12 bits per heavy atom. The predicted molar refractivity (Wildman–Crippen MR) is 63.9 cm³/mol. The van der Waals surface area contributed by atoms with E-state index in [0.29, 0.717) is 17.3 Å². The zero-order valence-corrected chi connectivity index (χ0v) is 9.99. The van der Waals surface area contributed by atoms with E-state index in [2.05, 4.69) is 5.10 Å². The molecule has 0 aliphatic heterocycles. The van der Waals surface area contributed by atoms with Gasteiger partial charge in [-0.05, 0) is 31.5 Å². The second kappa shape index (κ2) is 4.18. The molecule has 1 aromatic carbocycles. The minimum Gasteiger partial charge on any atom is -0.504 e. The lowest BCUT2D eigenvalue weighted by atomic mass is 10.2. The van der Waals surface area contributed by atoms with Crippen molar-refractivity contribution in [1.82, 2.24) is 9.78 Å². The van der Waals surface area contributed by atoms with Crippen LogP contribution in [-0.4, -0.2) is 14.9 Å². The van der Waals surface area contributed by atoms with Gasteiger partial charge in [0.1, 0.15) is 5.69 Å². The molecule has 1 N–H and O–H groups in total. The molecule has 0 saturated heterocycles. The van der Waals surface area contributed by atoms with Gasteiger partial charge in [0, 0.05) is 5.02 Å². The summed E-state index contributed by atoms with van der Waals surface area (Å²) in [5.74, 6) is 0.266. The highest BCUT2D eigenvalue weighted by Gasteiger charge is 2.09. The molecule has 0 saturated carbocycles. The van der Waals surface area contributed by atoms with E-state index in [9.17, 15) is 5.11 Å². The van der Waals surface area contributed by atoms with Gasteiger partial charge in [0.15, 0.2) is 5.75 Å². The molecule has 16 heavy (non-hydrogen) atoms. The van der Waals surface area contributed by atoms with Gasteiger partial charge in [-0.1, -0.05) is 23.7 Å². The molecule has 0 aliphatic rings. The van der Waals surface area contributed by atoms with Crippen LogP contribution in [-0.2, 0) is 6.54 Å². The van der Waals surface area contributed by atoms with Crippen LogP contribution in [0.5, 0.6) is 5.75 Å². The van der Waals surface area contributed by atoms with Crippen molar-refractivity contribution < 1.29 is 5.11 Å². The molecule has 4 heteroatoms. The minimum absolute atomic E-state index is 0.266. The van der Waals surface area contributed by atoms with E-state index in [1.54, 1.807) is 11.6 Å². The number of nitrogens with zero attached hydrogens (tertiary/aromatic N) is 2. The fraction of sp³-hybridized carbons (Fsp3) is 0.250. The third kappa shape index (κ3) is 2.04. The van der Waals surface area contributed by atoms with Crippen LogP contribution < -0.4 is 0 Å². The lowest BCUT2D eigenvalue weighted by Crippen LogP contribution is -2.03. The van der Waals surface area contributed by atoms with Crippen LogP contribution in [0.1, 0.15) is 17.0 Å². The molecule has 84 valence electrons. The van der Waals surface area contributed by atoms with Crippen LogP contribution in [0.25, 0.3) is 0 Å². The lowest BCUT2D eigenvalue weighted by Gasteiger charge is -2.04. The highest BCUT2D eigenvalue weighted by molar-refractivity contribution is 6.30. The average Bonchev–Trinajstić information content (AvgIpc) is 2.47. The molecular weight excluding hydrogens is 224 g/mol. The number of benzene rings is 1. The molecule has 2 aromatic rings. The van der Waals surface area contributed by atoms with Gasteiger partial charge in [-0.15, -0.1) is 0 Å². The summed E-state index contributed by atoms with van der Waals surface area (Å²) in [5, 5.41) is 14.6. The molecule has 1 aromatic heterocycles. The number of aromatic hydroxyl groups is 1. The van der Waals surface area contributed by atoms with Crippen LogP contribution in [0.3, 0.4) is 0 Å². The Bertz CT molecular complexity index is 520. The van der Waals surface area contributed by atoms with Gasteiger partial charge in [0.05, 0.1) is 12.2 Å². The summed E-state index contributed by atoms with van der Waals surface area (Å²) in [7, 11) is 0. The number of halogens is 1. The largest absolute Gasteiger partial charge is 0.504 e. The molecule has 2 rings (SSSR count). The first-order valence-electron chi connectivity index (χ1n) is 5.05. The van der Waals surface area contributed by atoms with Crippen molar-refractivity contribution in [3.63, 3.8) is 0 Å². The van der Waals surface area contributed by atoms with E-state index in [1.807, 2.05) is 31.2 Å². The smallest absolute Gasteiger partial charge is 0.159 e. The van der Waals surface area contributed by atoms with Crippen molar-refractivity contribution in [3.8, 4) is 5.75 Å². The fourth-order valence-corrected chi connectivity index (χ4v) is 1.86. The molecule has 0 fully saturated rings. The van der Waals surface area contributed by atoms with Crippen LogP contribution in [0.4, 0.5) is 0 Å². The Morgan fingerprint density at radius 1 is 1.38 bits per heavy atom. The molecule has 0 atom stereocenters. The molecule has 1 heterocycles. The van der Waals surface area contributed by atoms with Crippen LogP contribution in [0.15, 0.2) is 24.3 Å². The summed E-state index contributed by atoms with van der Waals surface area (Å²) in [6.07, 6.45) is 0. The summed E-state index contributed by atoms with van der Waals surface area (Å²) in [5.41, 5.74) is 2.50. The van der Waals surface area contributed by atoms with Crippen molar-refractivity contribution >= 4 is 11.6 Å². The highest BCUT2D eigenvalue weighted by atomic mass is 35.5. The molecule has 0 unspecified atom stereocenters. The lowest BCUT2D eigenvalue weighted by molar-refractivity contribution is 0.465. The fourth-order valence-electron chi connectivity index (χ4n) is 1.65. The summed E-state index contributed by atoms with van der Waals surface area (Å²) >= 11 is 5.91. The first-order chi connectivity index (χ1) is 7.58. The Kier molecular flexibility index (Phi) is 2.88. The van der Waals surface area contributed by atoms with E-state index >= 15 is 0 Å². The maximum absolute atomic E-state index is 9.65. The monoisotopic (exact) mass is 236 g/mol. The van der Waals surface area contributed by atoms with Gasteiger partial charge in [-0.3, -0.25) is 4.68 Å². The van der Waals surface area contributed by atoms with E-state index in [4.69, 9.17) is 11.6 Å². The van der Waals surface area contributed by atoms with Gasteiger partial charge in [0.2, 0.25) is 0 Å². The number of hydrogen-bond acceptors (Lipinski definition) is 2. The van der Waals surface area contributed by atoms with Crippen LogP contribution in [0, 0.1) is 13.8 Å². The second-order valence-electron chi connectivity index (χ2n) is 3.81. The molecule has 0 aliphatic carbocycles. The standard InChI is InChI=1S/C12H13ClN2O/c1-8-12(16)9(2)15(14-8)7-10-4-3-5-11(13)6-10/h3-6,16H,7H2,1-2H3. The maximum atomic E-state index is 9.65. The molecule has 3 nitrogen and oxygen atoms in total. The van der Waals surface area contributed by atoms with Gasteiger partial charge >= 0.3 is 0 Å². The Labute approximate surface area is 99.3 Å². The Balaban J connectivity index is 2.30. The molecular formula is C12H13ClN2O. The van der Waals surface area contributed by atoms with Gasteiger partial charge < -0.3 is 5.11 Å². The first kappa shape index (κ1) is 11.0. The molecule has 0 bridgehead atoms. The Morgan fingerprint density at radius 3 is 2.69 bits per heavy atom. The SMILES string of the molecule is Cc1nn(Cc2cccc(Cl)c2)c(C)c1O. The van der Waals surface area contributed by atoms with E-state index in [0.717, 1.165) is 11.3 Å². The van der Waals surface area contributed by atoms with Gasteiger partial charge in [-0.2, -0.15) is 5.10 Å². The zero-order chi connectivity index (χ0) is 11.7. The van der Waals surface area contributed by atoms with Crippen LogP contribution >= 0.6 is 11.6 Å². The van der Waals surface area contributed by atoms with E-state index < -0.39 is 0 Å². The highest BCUT2D eigenvalue weighted by Crippen LogP contribution is 2.21. The van der Waals surface area contributed by atoms with Gasteiger partial charge in [-0.25, -0.2) is 0 Å². The number of rotatable bonds is 2. The van der Waals surface area contributed by atoms with E-state index in [1.165, 1.54) is 0 Å². The van der Waals surface area contributed by atoms with Crippen molar-refractivity contribution in [1.29, 1.82) is 0 Å². The quantitative estimate of drug-likeness (QED) is 0.871. The topological polar surface area (TPSA) is 38.0 Å². The maximum Gasteiger partial charge on any atom is 0.159 e. The summed E-state index contributed by atoms with van der Waals surface area (Å²) in [6.45, 7) is 4.25. The van der Waals surface area contributed by atoms with Gasteiger partial charge in [0.25, 0.3) is 0 Å². The molecule has 0 radical (unpaired) electrons. The summed E-state index contributed by atoms with van der Waals surface area (Å²) in [4.78, 5) is 0. The Hall–Kier alpha value is -1.48. The normalized spacial score (nSPS) is 10.7.